The molecule has 2 aliphatic heterocycles. The number of hydrogen-bond donors (Lipinski definition) is 1. The Morgan fingerprint density at radius 1 is 1.25 bits per heavy atom. The molecule has 150 valence electrons. The fraction of sp³-hybridized carbons (Fsp3) is 0.471. The Bertz CT molecular complexity index is 1040. The number of carbonyl (C=O) groups excluding carboxylic acids is 2. The first-order valence-corrected chi connectivity index (χ1v) is 10.8. The number of carbonyl (C=O) groups is 2. The summed E-state index contributed by atoms with van der Waals surface area (Å²) in [5.74, 6) is -1.33. The number of H-pyrrole nitrogens is 1. The van der Waals surface area contributed by atoms with Gasteiger partial charge in [-0.2, -0.15) is 9.40 Å². The topological polar surface area (TPSA) is 107 Å². The molecule has 0 aliphatic carbocycles. The van der Waals surface area contributed by atoms with Crippen molar-refractivity contribution in [2.45, 2.75) is 6.42 Å². The number of piperazine rings is 1. The molecule has 0 spiro atoms. The van der Waals surface area contributed by atoms with Gasteiger partial charge in [0.25, 0.3) is 0 Å². The first-order chi connectivity index (χ1) is 13.3. The van der Waals surface area contributed by atoms with E-state index in [2.05, 4.69) is 10.2 Å². The third kappa shape index (κ3) is 3.24. The maximum absolute atomic E-state index is 14.2. The molecular weight excluding hydrogens is 389 g/mol. The lowest BCUT2D eigenvalue weighted by molar-refractivity contribution is -0.136. The summed E-state index contributed by atoms with van der Waals surface area (Å²) in [6, 6.07) is 4.51. The molecule has 2 fully saturated rings. The predicted molar refractivity (Wildman–Crippen MR) is 99.5 cm³/mol. The highest BCUT2D eigenvalue weighted by molar-refractivity contribution is 7.88. The van der Waals surface area contributed by atoms with E-state index in [1.54, 1.807) is 17.0 Å². The van der Waals surface area contributed by atoms with Crippen LogP contribution in [0.3, 0.4) is 0 Å². The van der Waals surface area contributed by atoms with Crippen LogP contribution in [0.4, 0.5) is 10.2 Å². The van der Waals surface area contributed by atoms with Crippen LogP contribution in [0.1, 0.15) is 6.42 Å². The lowest BCUT2D eigenvalue weighted by Gasteiger charge is -2.34. The van der Waals surface area contributed by atoms with E-state index >= 15 is 0 Å². The second-order valence-corrected chi connectivity index (χ2v) is 9.08. The average Bonchev–Trinajstić information content (AvgIpc) is 3.24. The van der Waals surface area contributed by atoms with Crippen molar-refractivity contribution in [3.63, 3.8) is 0 Å². The van der Waals surface area contributed by atoms with Gasteiger partial charge in [-0.15, -0.1) is 0 Å². The van der Waals surface area contributed by atoms with Gasteiger partial charge in [-0.25, -0.2) is 12.8 Å². The highest BCUT2D eigenvalue weighted by Gasteiger charge is 2.40. The molecule has 28 heavy (non-hydrogen) atoms. The molecule has 0 bridgehead atoms. The van der Waals surface area contributed by atoms with Gasteiger partial charge in [-0.05, 0) is 12.1 Å². The van der Waals surface area contributed by atoms with Crippen LogP contribution < -0.4 is 4.90 Å². The minimum absolute atomic E-state index is 0.0218. The average molecular weight is 409 g/mol. The van der Waals surface area contributed by atoms with Crippen molar-refractivity contribution >= 4 is 38.6 Å². The van der Waals surface area contributed by atoms with Crippen molar-refractivity contribution in [2.24, 2.45) is 5.92 Å². The molecule has 0 saturated carbocycles. The van der Waals surface area contributed by atoms with Gasteiger partial charge in [0, 0.05) is 39.1 Å². The van der Waals surface area contributed by atoms with Crippen molar-refractivity contribution in [2.75, 3.05) is 43.9 Å². The molecule has 3 heterocycles. The van der Waals surface area contributed by atoms with Gasteiger partial charge in [0.2, 0.25) is 21.8 Å². The standard InChI is InChI=1S/C17H20FN5O4S/c1-28(26,27)22-7-5-21(6-8-22)17(25)11-9-14(24)23(10-11)16-15-12(18)3-2-4-13(15)19-20-16/h2-4,11H,5-10H2,1H3,(H,19,20). The van der Waals surface area contributed by atoms with Gasteiger partial charge in [-0.1, -0.05) is 6.07 Å². The van der Waals surface area contributed by atoms with Gasteiger partial charge in [0.05, 0.1) is 23.1 Å². The zero-order valence-electron chi connectivity index (χ0n) is 15.3. The van der Waals surface area contributed by atoms with Crippen LogP contribution in [0.15, 0.2) is 18.2 Å². The summed E-state index contributed by atoms with van der Waals surface area (Å²) < 4.78 is 38.8. The van der Waals surface area contributed by atoms with E-state index in [1.807, 2.05) is 0 Å². The second kappa shape index (κ2) is 6.82. The molecule has 4 rings (SSSR count). The van der Waals surface area contributed by atoms with E-state index in [0.717, 1.165) is 6.26 Å². The molecule has 9 nitrogen and oxygen atoms in total. The van der Waals surface area contributed by atoms with Gasteiger partial charge in [0.1, 0.15) is 5.82 Å². The molecule has 1 unspecified atom stereocenters. The van der Waals surface area contributed by atoms with Crippen molar-refractivity contribution in [3.05, 3.63) is 24.0 Å². The minimum Gasteiger partial charge on any atom is -0.340 e. The summed E-state index contributed by atoms with van der Waals surface area (Å²) in [5, 5.41) is 7.01. The van der Waals surface area contributed by atoms with E-state index < -0.39 is 21.8 Å². The lowest BCUT2D eigenvalue weighted by atomic mass is 10.1. The summed E-state index contributed by atoms with van der Waals surface area (Å²) in [4.78, 5) is 28.3. The van der Waals surface area contributed by atoms with Gasteiger partial charge >= 0.3 is 0 Å². The minimum atomic E-state index is -3.28. The van der Waals surface area contributed by atoms with Crippen molar-refractivity contribution in [3.8, 4) is 0 Å². The largest absolute Gasteiger partial charge is 0.340 e. The molecule has 1 aromatic heterocycles. The number of halogens is 1. The zero-order chi connectivity index (χ0) is 20.1. The summed E-state index contributed by atoms with van der Waals surface area (Å²) in [5.41, 5.74) is 0.481. The SMILES string of the molecule is CS(=O)(=O)N1CCN(C(=O)C2CC(=O)N(c3n[nH]c4cccc(F)c34)C2)CC1. The maximum Gasteiger partial charge on any atom is 0.229 e. The van der Waals surface area contributed by atoms with Gasteiger partial charge in [-0.3, -0.25) is 19.6 Å². The Kier molecular flexibility index (Phi) is 4.58. The highest BCUT2D eigenvalue weighted by Crippen LogP contribution is 2.32. The van der Waals surface area contributed by atoms with E-state index in [0.29, 0.717) is 5.52 Å². The van der Waals surface area contributed by atoms with Crippen LogP contribution in [0.2, 0.25) is 0 Å². The maximum atomic E-state index is 14.2. The Balaban J connectivity index is 1.48. The summed E-state index contributed by atoms with van der Waals surface area (Å²) in [6.45, 7) is 1.18. The van der Waals surface area contributed by atoms with Crippen LogP contribution in [0.25, 0.3) is 10.9 Å². The summed E-state index contributed by atoms with van der Waals surface area (Å²) in [6.07, 6.45) is 1.17. The van der Waals surface area contributed by atoms with E-state index in [9.17, 15) is 22.4 Å². The molecule has 1 atom stereocenters. The fourth-order valence-electron chi connectivity index (χ4n) is 3.79. The van der Waals surface area contributed by atoms with E-state index in [-0.39, 0.29) is 62.2 Å². The van der Waals surface area contributed by atoms with Crippen LogP contribution in [-0.4, -0.2) is 78.6 Å². The third-order valence-corrected chi connectivity index (χ3v) is 6.57. The smallest absolute Gasteiger partial charge is 0.229 e. The number of anilines is 1. The molecular formula is C17H20FN5O4S. The number of rotatable bonds is 3. The highest BCUT2D eigenvalue weighted by atomic mass is 32.2. The second-order valence-electron chi connectivity index (χ2n) is 7.10. The monoisotopic (exact) mass is 409 g/mol. The zero-order valence-corrected chi connectivity index (χ0v) is 16.1. The normalized spacial score (nSPS) is 21.6. The Morgan fingerprint density at radius 3 is 2.64 bits per heavy atom. The Morgan fingerprint density at radius 2 is 1.96 bits per heavy atom. The van der Waals surface area contributed by atoms with Crippen molar-refractivity contribution in [1.82, 2.24) is 19.4 Å². The molecule has 1 aromatic carbocycles. The number of aromatic nitrogens is 2. The molecule has 2 amide bonds. The van der Waals surface area contributed by atoms with Crippen molar-refractivity contribution in [1.29, 1.82) is 0 Å². The molecule has 1 N–H and O–H groups in total. The van der Waals surface area contributed by atoms with Gasteiger partial charge < -0.3 is 4.90 Å². The van der Waals surface area contributed by atoms with Crippen LogP contribution in [0.5, 0.6) is 0 Å². The first-order valence-electron chi connectivity index (χ1n) is 8.92. The Hall–Kier alpha value is -2.53. The molecule has 0 radical (unpaired) electrons. The third-order valence-electron chi connectivity index (χ3n) is 5.27. The van der Waals surface area contributed by atoms with Crippen molar-refractivity contribution < 1.29 is 22.4 Å². The first kappa shape index (κ1) is 18.8. The van der Waals surface area contributed by atoms with Crippen LogP contribution in [0, 0.1) is 11.7 Å². The number of amides is 2. The summed E-state index contributed by atoms with van der Waals surface area (Å²) in [7, 11) is -3.28. The molecule has 2 aliphatic rings. The van der Waals surface area contributed by atoms with Gasteiger partial charge in [0.15, 0.2) is 5.82 Å². The summed E-state index contributed by atoms with van der Waals surface area (Å²) >= 11 is 0. The molecule has 11 heteroatoms. The number of hydrogen-bond acceptors (Lipinski definition) is 5. The van der Waals surface area contributed by atoms with Crippen LogP contribution >= 0.6 is 0 Å². The number of sulfonamides is 1. The number of fused-ring (bicyclic) bond motifs is 1. The number of benzene rings is 1. The lowest BCUT2D eigenvalue weighted by Crippen LogP contribution is -2.51. The predicted octanol–water partition coefficient (Wildman–Crippen LogP) is 0.159. The Labute approximate surface area is 161 Å². The quantitative estimate of drug-likeness (QED) is 0.777. The van der Waals surface area contributed by atoms with Crippen LogP contribution in [-0.2, 0) is 19.6 Å². The fourth-order valence-corrected chi connectivity index (χ4v) is 4.61. The van der Waals surface area contributed by atoms with E-state index in [1.165, 1.54) is 15.3 Å². The number of nitrogens with zero attached hydrogens (tertiary/aromatic N) is 4. The molecule has 2 aromatic rings. The molecule has 2 saturated heterocycles. The van der Waals surface area contributed by atoms with E-state index in [4.69, 9.17) is 0 Å². The number of nitrogens with one attached hydrogen (secondary N) is 1. The number of aromatic amines is 1.